The van der Waals surface area contributed by atoms with Gasteiger partial charge in [-0.15, -0.1) is 0 Å². The molecule has 2 N–H and O–H groups in total. The monoisotopic (exact) mass is 457 g/mol. The zero-order valence-corrected chi connectivity index (χ0v) is 18.7. The Balaban J connectivity index is 1.42. The quantitative estimate of drug-likeness (QED) is 0.422. The minimum atomic E-state index is -0.415. The number of hydrogen-bond donors (Lipinski definition) is 2. The molecule has 1 aromatic carbocycles. The fourth-order valence-electron chi connectivity index (χ4n) is 3.59. The maximum Gasteiger partial charge on any atom is 0.337 e. The van der Waals surface area contributed by atoms with Gasteiger partial charge in [0.1, 0.15) is 0 Å². The number of aromatic amines is 1. The number of piperazine rings is 1. The standard InChI is InChI=1S/C20H23N7O4S/c1-24-15-14(16(28)25(2)20(24)30)22-18(23-15)26-8-10-27(11-9-26)19(32)21-13-6-4-12(5-7-13)17(29)31-3/h4-7H,8-11H2,1-3H3,(H,21,32)(H,22,23). The molecule has 0 saturated carbocycles. The highest BCUT2D eigenvalue weighted by Gasteiger charge is 2.23. The number of hydrogen-bond acceptors (Lipinski definition) is 7. The SMILES string of the molecule is COC(=O)c1ccc(NC(=S)N2CCN(c3nc4c([nH]3)c(=O)n(C)c(=O)n4C)CC2)cc1. The van der Waals surface area contributed by atoms with Crippen molar-refractivity contribution >= 4 is 46.1 Å². The van der Waals surface area contributed by atoms with E-state index in [9.17, 15) is 14.4 Å². The lowest BCUT2D eigenvalue weighted by molar-refractivity contribution is 0.0601. The first-order valence-electron chi connectivity index (χ1n) is 9.95. The van der Waals surface area contributed by atoms with Crippen molar-refractivity contribution in [3.05, 3.63) is 50.7 Å². The number of thiocarbonyl (C=S) groups is 1. The number of esters is 1. The number of ether oxygens (including phenoxy) is 1. The normalized spacial score (nSPS) is 14.0. The Labute approximate surface area is 188 Å². The lowest BCUT2D eigenvalue weighted by atomic mass is 10.2. The Morgan fingerprint density at radius 3 is 2.38 bits per heavy atom. The Morgan fingerprint density at radius 1 is 1.09 bits per heavy atom. The molecule has 0 aliphatic carbocycles. The topological polar surface area (TPSA) is 117 Å². The summed E-state index contributed by atoms with van der Waals surface area (Å²) in [5.41, 5.74) is 1.07. The maximum atomic E-state index is 12.4. The van der Waals surface area contributed by atoms with Gasteiger partial charge in [-0.25, -0.2) is 9.59 Å². The molecule has 3 aromatic rings. The summed E-state index contributed by atoms with van der Waals surface area (Å²) >= 11 is 5.53. The number of methoxy groups -OCH3 is 1. The van der Waals surface area contributed by atoms with E-state index in [2.05, 4.69) is 15.3 Å². The van der Waals surface area contributed by atoms with E-state index in [1.807, 2.05) is 9.80 Å². The largest absolute Gasteiger partial charge is 0.465 e. The van der Waals surface area contributed by atoms with Crippen molar-refractivity contribution in [1.29, 1.82) is 0 Å². The number of rotatable bonds is 3. The van der Waals surface area contributed by atoms with Gasteiger partial charge in [-0.3, -0.25) is 13.9 Å². The van der Waals surface area contributed by atoms with E-state index in [1.54, 1.807) is 31.3 Å². The fourth-order valence-corrected chi connectivity index (χ4v) is 3.90. The molecule has 32 heavy (non-hydrogen) atoms. The van der Waals surface area contributed by atoms with Crippen molar-refractivity contribution in [1.82, 2.24) is 24.0 Å². The Hall–Kier alpha value is -3.67. The van der Waals surface area contributed by atoms with Crippen molar-refractivity contribution in [2.24, 2.45) is 14.1 Å². The van der Waals surface area contributed by atoms with Crippen LogP contribution >= 0.6 is 12.2 Å². The first-order chi connectivity index (χ1) is 15.3. The summed E-state index contributed by atoms with van der Waals surface area (Å²) in [4.78, 5) is 47.7. The number of anilines is 2. The number of fused-ring (bicyclic) bond motifs is 1. The van der Waals surface area contributed by atoms with Gasteiger partial charge in [0, 0.05) is 46.0 Å². The number of aromatic nitrogens is 4. The molecule has 1 aliphatic rings. The molecule has 3 heterocycles. The molecule has 0 atom stereocenters. The minimum Gasteiger partial charge on any atom is -0.465 e. The number of carbonyl (C=O) groups is 1. The molecule has 0 unspecified atom stereocenters. The number of benzene rings is 1. The summed E-state index contributed by atoms with van der Waals surface area (Å²) in [5, 5.41) is 3.76. The van der Waals surface area contributed by atoms with Crippen molar-refractivity contribution in [2.45, 2.75) is 0 Å². The number of H-pyrrole nitrogens is 1. The first kappa shape index (κ1) is 21.6. The molecule has 1 saturated heterocycles. The highest BCUT2D eigenvalue weighted by atomic mass is 32.1. The predicted octanol–water partition coefficient (Wildman–Crippen LogP) is 0.266. The molecule has 1 fully saturated rings. The highest BCUT2D eigenvalue weighted by molar-refractivity contribution is 7.80. The average molecular weight is 458 g/mol. The van der Waals surface area contributed by atoms with Crippen LogP contribution in [0.3, 0.4) is 0 Å². The average Bonchev–Trinajstić information content (AvgIpc) is 3.27. The Kier molecular flexibility index (Phi) is 5.70. The molecule has 0 bridgehead atoms. The molecule has 0 spiro atoms. The van der Waals surface area contributed by atoms with Gasteiger partial charge in [-0.05, 0) is 36.5 Å². The van der Waals surface area contributed by atoms with E-state index in [4.69, 9.17) is 17.0 Å². The third-order valence-electron chi connectivity index (χ3n) is 5.51. The third kappa shape index (κ3) is 3.84. The second kappa shape index (κ2) is 8.46. The summed E-state index contributed by atoms with van der Waals surface area (Å²) in [6.45, 7) is 2.58. The second-order valence-corrected chi connectivity index (χ2v) is 7.82. The molecular formula is C20H23N7O4S. The zero-order valence-electron chi connectivity index (χ0n) is 17.9. The molecule has 0 amide bonds. The Bertz CT molecular complexity index is 1300. The molecule has 4 rings (SSSR count). The minimum absolute atomic E-state index is 0.305. The van der Waals surface area contributed by atoms with Crippen molar-refractivity contribution < 1.29 is 9.53 Å². The van der Waals surface area contributed by atoms with Gasteiger partial charge in [-0.1, -0.05) is 0 Å². The number of aryl methyl sites for hydroxylation is 1. The molecular weight excluding hydrogens is 434 g/mol. The van der Waals surface area contributed by atoms with Gasteiger partial charge in [0.05, 0.1) is 12.7 Å². The summed E-state index contributed by atoms with van der Waals surface area (Å²) < 4.78 is 7.12. The molecule has 12 heteroatoms. The van der Waals surface area contributed by atoms with E-state index in [-0.39, 0.29) is 0 Å². The smallest absolute Gasteiger partial charge is 0.337 e. The van der Waals surface area contributed by atoms with Crippen LogP contribution in [0.1, 0.15) is 10.4 Å². The van der Waals surface area contributed by atoms with Crippen LogP contribution in [0, 0.1) is 0 Å². The van der Waals surface area contributed by atoms with Crippen molar-refractivity contribution in [2.75, 3.05) is 43.5 Å². The van der Waals surface area contributed by atoms with Crippen LogP contribution in [-0.4, -0.2) is 68.4 Å². The van der Waals surface area contributed by atoms with E-state index < -0.39 is 17.2 Å². The van der Waals surface area contributed by atoms with Gasteiger partial charge in [0.15, 0.2) is 16.3 Å². The highest BCUT2D eigenvalue weighted by Crippen LogP contribution is 2.17. The predicted molar refractivity (Wildman–Crippen MR) is 124 cm³/mol. The third-order valence-corrected chi connectivity index (χ3v) is 5.87. The van der Waals surface area contributed by atoms with Crippen LogP contribution in [0.25, 0.3) is 11.2 Å². The van der Waals surface area contributed by atoms with Crippen LogP contribution in [-0.2, 0) is 18.8 Å². The number of imidazole rings is 1. The van der Waals surface area contributed by atoms with Gasteiger partial charge in [-0.2, -0.15) is 4.98 Å². The Morgan fingerprint density at radius 2 is 1.75 bits per heavy atom. The fraction of sp³-hybridized carbons (Fsp3) is 0.350. The summed E-state index contributed by atoms with van der Waals surface area (Å²) in [6.07, 6.45) is 0. The van der Waals surface area contributed by atoms with Crippen LogP contribution in [0.4, 0.5) is 11.6 Å². The van der Waals surface area contributed by atoms with E-state index in [0.29, 0.717) is 54.0 Å². The molecule has 168 valence electrons. The molecule has 11 nitrogen and oxygen atoms in total. The molecule has 2 aromatic heterocycles. The summed E-state index contributed by atoms with van der Waals surface area (Å²) in [6, 6.07) is 6.89. The first-order valence-corrected chi connectivity index (χ1v) is 10.4. The van der Waals surface area contributed by atoms with E-state index in [1.165, 1.54) is 18.7 Å². The number of nitrogens with zero attached hydrogens (tertiary/aromatic N) is 5. The lowest BCUT2D eigenvalue weighted by Gasteiger charge is -2.36. The van der Waals surface area contributed by atoms with E-state index in [0.717, 1.165) is 10.3 Å². The van der Waals surface area contributed by atoms with Crippen LogP contribution < -0.4 is 21.5 Å². The summed E-state index contributed by atoms with van der Waals surface area (Å²) in [7, 11) is 4.38. The van der Waals surface area contributed by atoms with Gasteiger partial charge < -0.3 is 24.8 Å². The lowest BCUT2D eigenvalue weighted by Crippen LogP contribution is -2.50. The van der Waals surface area contributed by atoms with E-state index >= 15 is 0 Å². The molecule has 1 aliphatic heterocycles. The van der Waals surface area contributed by atoms with Gasteiger partial charge in [0.2, 0.25) is 5.95 Å². The maximum absolute atomic E-state index is 12.4. The number of carbonyl (C=O) groups excluding carboxylic acids is 1. The second-order valence-electron chi connectivity index (χ2n) is 7.44. The van der Waals surface area contributed by atoms with Gasteiger partial charge >= 0.3 is 11.7 Å². The van der Waals surface area contributed by atoms with Crippen molar-refractivity contribution in [3.8, 4) is 0 Å². The molecule has 0 radical (unpaired) electrons. The van der Waals surface area contributed by atoms with Crippen LogP contribution in [0.5, 0.6) is 0 Å². The zero-order chi connectivity index (χ0) is 23.0. The van der Waals surface area contributed by atoms with Gasteiger partial charge in [0.25, 0.3) is 5.56 Å². The number of nitrogens with one attached hydrogen (secondary N) is 2. The van der Waals surface area contributed by atoms with Crippen LogP contribution in [0.2, 0.25) is 0 Å². The van der Waals surface area contributed by atoms with Crippen molar-refractivity contribution in [3.63, 3.8) is 0 Å². The summed E-state index contributed by atoms with van der Waals surface area (Å²) in [5.74, 6) is 0.161. The van der Waals surface area contributed by atoms with Crippen LogP contribution in [0.15, 0.2) is 33.9 Å².